The Morgan fingerprint density at radius 2 is 1.84 bits per heavy atom. The van der Waals surface area contributed by atoms with Crippen LogP contribution in [0.3, 0.4) is 0 Å². The Kier molecular flexibility index (Phi) is 4.99. The molecule has 4 nitrogen and oxygen atoms in total. The van der Waals surface area contributed by atoms with Gasteiger partial charge in [-0.1, -0.05) is 41.0 Å². The fourth-order valence-corrected chi connectivity index (χ4v) is 2.43. The standard InChI is InChI=1S/C15H28N2O2/c1-7-11(5)9-17-13(18)12(10(3)4)16-14(19)15(17,6)8-2/h10-12H,7-9H2,1-6H3,(H,16,19). The van der Waals surface area contributed by atoms with Gasteiger partial charge in [0.25, 0.3) is 0 Å². The highest BCUT2D eigenvalue weighted by Crippen LogP contribution is 2.28. The monoisotopic (exact) mass is 268 g/mol. The molecule has 0 aliphatic carbocycles. The van der Waals surface area contributed by atoms with Gasteiger partial charge in [0.2, 0.25) is 11.8 Å². The molecule has 0 saturated carbocycles. The van der Waals surface area contributed by atoms with E-state index in [1.54, 1.807) is 0 Å². The lowest BCUT2D eigenvalue weighted by molar-refractivity contribution is -0.158. The van der Waals surface area contributed by atoms with Crippen molar-refractivity contribution in [3.8, 4) is 0 Å². The van der Waals surface area contributed by atoms with Crippen molar-refractivity contribution in [3.05, 3.63) is 0 Å². The first-order chi connectivity index (χ1) is 8.77. The molecule has 0 radical (unpaired) electrons. The van der Waals surface area contributed by atoms with Crippen molar-refractivity contribution in [3.63, 3.8) is 0 Å². The van der Waals surface area contributed by atoms with Crippen molar-refractivity contribution in [2.45, 2.75) is 66.0 Å². The number of carbonyl (C=O) groups excluding carboxylic acids is 2. The number of carbonyl (C=O) groups is 2. The highest BCUT2D eigenvalue weighted by atomic mass is 16.2. The summed E-state index contributed by atoms with van der Waals surface area (Å²) in [4.78, 5) is 26.8. The Hall–Kier alpha value is -1.06. The fraction of sp³-hybridized carbons (Fsp3) is 0.867. The molecule has 1 rings (SSSR count). The zero-order valence-corrected chi connectivity index (χ0v) is 13.1. The average Bonchev–Trinajstić information content (AvgIpc) is 2.38. The number of nitrogens with one attached hydrogen (secondary N) is 1. The van der Waals surface area contributed by atoms with Crippen LogP contribution in [0.15, 0.2) is 0 Å². The summed E-state index contributed by atoms with van der Waals surface area (Å²) in [6.45, 7) is 12.7. The lowest BCUT2D eigenvalue weighted by Crippen LogP contribution is -2.70. The Bertz CT molecular complexity index is 354. The largest absolute Gasteiger partial charge is 0.342 e. The lowest BCUT2D eigenvalue weighted by Gasteiger charge is -2.47. The predicted molar refractivity (Wildman–Crippen MR) is 76.6 cm³/mol. The molecule has 2 amide bonds. The molecule has 1 heterocycles. The van der Waals surface area contributed by atoms with Crippen molar-refractivity contribution < 1.29 is 9.59 Å². The number of rotatable bonds is 5. The third-order valence-corrected chi connectivity index (χ3v) is 4.45. The van der Waals surface area contributed by atoms with E-state index in [0.29, 0.717) is 18.9 Å². The zero-order chi connectivity index (χ0) is 14.8. The van der Waals surface area contributed by atoms with E-state index in [0.717, 1.165) is 6.42 Å². The molecule has 110 valence electrons. The van der Waals surface area contributed by atoms with Crippen LogP contribution in [-0.2, 0) is 9.59 Å². The minimum Gasteiger partial charge on any atom is -0.342 e. The minimum absolute atomic E-state index is 0.0170. The van der Waals surface area contributed by atoms with E-state index < -0.39 is 5.54 Å². The van der Waals surface area contributed by atoms with E-state index in [4.69, 9.17) is 0 Å². The first-order valence-electron chi connectivity index (χ1n) is 7.40. The molecule has 3 atom stereocenters. The molecule has 1 saturated heterocycles. The Labute approximate surface area is 116 Å². The molecular weight excluding hydrogens is 240 g/mol. The molecule has 0 spiro atoms. The van der Waals surface area contributed by atoms with Gasteiger partial charge in [0, 0.05) is 6.54 Å². The van der Waals surface area contributed by atoms with E-state index in [9.17, 15) is 9.59 Å². The maximum Gasteiger partial charge on any atom is 0.246 e. The van der Waals surface area contributed by atoms with Gasteiger partial charge in [0.05, 0.1) is 0 Å². The zero-order valence-electron chi connectivity index (χ0n) is 13.1. The van der Waals surface area contributed by atoms with Crippen LogP contribution in [0, 0.1) is 11.8 Å². The second kappa shape index (κ2) is 5.93. The van der Waals surface area contributed by atoms with E-state index in [2.05, 4.69) is 19.2 Å². The van der Waals surface area contributed by atoms with Crippen LogP contribution in [0.1, 0.15) is 54.4 Å². The molecular formula is C15H28N2O2. The van der Waals surface area contributed by atoms with Crippen LogP contribution < -0.4 is 5.32 Å². The Balaban J connectivity index is 3.07. The summed E-state index contributed by atoms with van der Waals surface area (Å²) in [6.07, 6.45) is 1.66. The number of piperazine rings is 1. The molecule has 3 unspecified atom stereocenters. The molecule has 1 aliphatic rings. The number of hydrogen-bond acceptors (Lipinski definition) is 2. The van der Waals surface area contributed by atoms with Gasteiger partial charge in [-0.05, 0) is 25.2 Å². The summed E-state index contributed by atoms with van der Waals surface area (Å²) in [5.41, 5.74) is -0.702. The van der Waals surface area contributed by atoms with Crippen molar-refractivity contribution in [2.75, 3.05) is 6.54 Å². The quantitative estimate of drug-likeness (QED) is 0.831. The van der Waals surface area contributed by atoms with Gasteiger partial charge in [-0.15, -0.1) is 0 Å². The topological polar surface area (TPSA) is 49.4 Å². The number of amides is 2. The predicted octanol–water partition coefficient (Wildman–Crippen LogP) is 2.18. The molecule has 1 N–H and O–H groups in total. The molecule has 19 heavy (non-hydrogen) atoms. The van der Waals surface area contributed by atoms with Gasteiger partial charge in [0.15, 0.2) is 0 Å². The third kappa shape index (κ3) is 2.93. The maximum atomic E-state index is 12.6. The summed E-state index contributed by atoms with van der Waals surface area (Å²) in [7, 11) is 0. The van der Waals surface area contributed by atoms with Gasteiger partial charge in [-0.25, -0.2) is 0 Å². The Morgan fingerprint density at radius 3 is 2.26 bits per heavy atom. The second-order valence-corrected chi connectivity index (χ2v) is 6.28. The normalized spacial score (nSPS) is 29.6. The summed E-state index contributed by atoms with van der Waals surface area (Å²) in [5, 5.41) is 2.90. The Morgan fingerprint density at radius 1 is 1.26 bits per heavy atom. The molecule has 1 fully saturated rings. The molecule has 0 aromatic rings. The fourth-order valence-electron chi connectivity index (χ4n) is 2.43. The molecule has 4 heteroatoms. The molecule has 1 aliphatic heterocycles. The van der Waals surface area contributed by atoms with Gasteiger partial charge in [0.1, 0.15) is 11.6 Å². The van der Waals surface area contributed by atoms with Crippen molar-refractivity contribution >= 4 is 11.8 Å². The molecule has 0 aromatic carbocycles. The smallest absolute Gasteiger partial charge is 0.246 e. The van der Waals surface area contributed by atoms with Crippen LogP contribution in [0.4, 0.5) is 0 Å². The first-order valence-corrected chi connectivity index (χ1v) is 7.40. The van der Waals surface area contributed by atoms with Gasteiger partial charge in [-0.2, -0.15) is 0 Å². The number of hydrogen-bond donors (Lipinski definition) is 1. The van der Waals surface area contributed by atoms with Gasteiger partial charge < -0.3 is 10.2 Å². The van der Waals surface area contributed by atoms with Crippen LogP contribution in [0.5, 0.6) is 0 Å². The number of nitrogens with zero attached hydrogens (tertiary/aromatic N) is 1. The molecule has 0 bridgehead atoms. The first kappa shape index (κ1) is 16.0. The van der Waals surface area contributed by atoms with Crippen molar-refractivity contribution in [2.24, 2.45) is 11.8 Å². The van der Waals surface area contributed by atoms with E-state index >= 15 is 0 Å². The highest BCUT2D eigenvalue weighted by molar-refractivity contribution is 5.99. The van der Waals surface area contributed by atoms with E-state index in [1.165, 1.54) is 0 Å². The maximum absolute atomic E-state index is 12.6. The summed E-state index contributed by atoms with van der Waals surface area (Å²) < 4.78 is 0. The van der Waals surface area contributed by atoms with Crippen LogP contribution in [0.2, 0.25) is 0 Å². The van der Waals surface area contributed by atoms with Crippen molar-refractivity contribution in [1.82, 2.24) is 10.2 Å². The lowest BCUT2D eigenvalue weighted by atomic mass is 9.86. The van der Waals surface area contributed by atoms with Crippen LogP contribution in [-0.4, -0.2) is 34.8 Å². The van der Waals surface area contributed by atoms with Gasteiger partial charge >= 0.3 is 0 Å². The average molecular weight is 268 g/mol. The highest BCUT2D eigenvalue weighted by Gasteiger charge is 2.48. The summed E-state index contributed by atoms with van der Waals surface area (Å²) >= 11 is 0. The van der Waals surface area contributed by atoms with Crippen LogP contribution >= 0.6 is 0 Å². The van der Waals surface area contributed by atoms with Gasteiger partial charge in [-0.3, -0.25) is 9.59 Å². The SMILES string of the molecule is CCC(C)CN1C(=O)C(C(C)C)NC(=O)C1(C)CC. The third-order valence-electron chi connectivity index (χ3n) is 4.45. The van der Waals surface area contributed by atoms with E-state index in [-0.39, 0.29) is 23.8 Å². The minimum atomic E-state index is -0.702. The summed E-state index contributed by atoms with van der Waals surface area (Å²) in [5.74, 6) is 0.585. The second-order valence-electron chi connectivity index (χ2n) is 6.28. The summed E-state index contributed by atoms with van der Waals surface area (Å²) in [6, 6.07) is -0.379. The van der Waals surface area contributed by atoms with E-state index in [1.807, 2.05) is 32.6 Å². The van der Waals surface area contributed by atoms with Crippen LogP contribution in [0.25, 0.3) is 0 Å². The molecule has 0 aromatic heterocycles. The van der Waals surface area contributed by atoms with Crippen molar-refractivity contribution in [1.29, 1.82) is 0 Å².